The van der Waals surface area contributed by atoms with Crippen LogP contribution in [-0.2, 0) is 5.41 Å². The van der Waals surface area contributed by atoms with Gasteiger partial charge in [0.25, 0.3) is 0 Å². The Labute approximate surface area is 90.7 Å². The van der Waals surface area contributed by atoms with Crippen molar-refractivity contribution < 1.29 is 0 Å². The number of hydrogen-bond donors (Lipinski definition) is 1. The topological polar surface area (TPSA) is 49.8 Å². The van der Waals surface area contributed by atoms with Crippen LogP contribution in [0.4, 0.5) is 5.69 Å². The number of hydrogen-bond acceptors (Lipinski definition) is 2. The molecule has 0 amide bonds. The Morgan fingerprint density at radius 3 is 2.47 bits per heavy atom. The summed E-state index contributed by atoms with van der Waals surface area (Å²) in [6.45, 7) is 6.38. The third-order valence-electron chi connectivity index (χ3n) is 2.17. The van der Waals surface area contributed by atoms with Crippen LogP contribution in [-0.4, -0.2) is 0 Å². The SMILES string of the molecule is CC(C)(C)c1ccc(N)c(C#CC#N)c1. The molecule has 15 heavy (non-hydrogen) atoms. The number of nitrogen functional groups attached to an aromatic ring is 1. The monoisotopic (exact) mass is 198 g/mol. The second-order valence-electron chi connectivity index (χ2n) is 4.41. The standard InChI is InChI=1S/C13H14N2/c1-13(2,3)11-6-7-12(15)10(9-11)5-4-8-14/h6-7,9H,15H2,1-3H3. The Bertz CT molecular complexity index is 462. The average molecular weight is 198 g/mol. The quantitative estimate of drug-likeness (QED) is 0.514. The zero-order chi connectivity index (χ0) is 11.5. The molecule has 1 rings (SSSR count). The van der Waals surface area contributed by atoms with Gasteiger partial charge in [-0.15, -0.1) is 0 Å². The van der Waals surface area contributed by atoms with Gasteiger partial charge in [-0.3, -0.25) is 0 Å². The molecule has 0 atom stereocenters. The largest absolute Gasteiger partial charge is 0.398 e. The molecule has 0 spiro atoms. The summed E-state index contributed by atoms with van der Waals surface area (Å²) in [5.41, 5.74) is 8.34. The summed E-state index contributed by atoms with van der Waals surface area (Å²) < 4.78 is 0. The predicted octanol–water partition coefficient (Wildman–Crippen LogP) is 2.44. The molecule has 2 heteroatoms. The number of benzene rings is 1. The van der Waals surface area contributed by atoms with Gasteiger partial charge in [0.1, 0.15) is 0 Å². The van der Waals surface area contributed by atoms with Crippen LogP contribution in [0.5, 0.6) is 0 Å². The Morgan fingerprint density at radius 2 is 1.93 bits per heavy atom. The molecule has 1 aromatic rings. The Morgan fingerprint density at radius 1 is 1.27 bits per heavy atom. The molecule has 0 aromatic heterocycles. The van der Waals surface area contributed by atoms with E-state index >= 15 is 0 Å². The number of nitriles is 1. The van der Waals surface area contributed by atoms with Crippen LogP contribution >= 0.6 is 0 Å². The molecule has 76 valence electrons. The van der Waals surface area contributed by atoms with Gasteiger partial charge >= 0.3 is 0 Å². The molecule has 1 aromatic carbocycles. The highest BCUT2D eigenvalue weighted by atomic mass is 14.6. The highest BCUT2D eigenvalue weighted by Crippen LogP contribution is 2.25. The number of nitrogens with zero attached hydrogens (tertiary/aromatic N) is 1. The van der Waals surface area contributed by atoms with Gasteiger partial charge in [-0.05, 0) is 29.0 Å². The fraction of sp³-hybridized carbons (Fsp3) is 0.308. The molecule has 0 saturated heterocycles. The van der Waals surface area contributed by atoms with Crippen molar-refractivity contribution in [2.75, 3.05) is 5.73 Å². The van der Waals surface area contributed by atoms with Crippen LogP contribution in [0.2, 0.25) is 0 Å². The van der Waals surface area contributed by atoms with Gasteiger partial charge < -0.3 is 5.73 Å². The van der Waals surface area contributed by atoms with Crippen molar-refractivity contribution >= 4 is 5.69 Å². The van der Waals surface area contributed by atoms with Gasteiger partial charge in [0.05, 0.1) is 0 Å². The third-order valence-corrected chi connectivity index (χ3v) is 2.17. The molecular weight excluding hydrogens is 184 g/mol. The van der Waals surface area contributed by atoms with Crippen molar-refractivity contribution in [3.05, 3.63) is 29.3 Å². The minimum absolute atomic E-state index is 0.0662. The van der Waals surface area contributed by atoms with Crippen LogP contribution in [0.3, 0.4) is 0 Å². The van der Waals surface area contributed by atoms with Crippen LogP contribution in [0.15, 0.2) is 18.2 Å². The zero-order valence-electron chi connectivity index (χ0n) is 9.26. The van der Waals surface area contributed by atoms with Crippen LogP contribution < -0.4 is 5.73 Å². The highest BCUT2D eigenvalue weighted by molar-refractivity contribution is 5.58. The summed E-state index contributed by atoms with van der Waals surface area (Å²) >= 11 is 0. The van der Waals surface area contributed by atoms with Gasteiger partial charge in [-0.1, -0.05) is 26.8 Å². The van der Waals surface area contributed by atoms with Crippen molar-refractivity contribution in [2.24, 2.45) is 0 Å². The summed E-state index contributed by atoms with van der Waals surface area (Å²) in [6, 6.07) is 7.56. The van der Waals surface area contributed by atoms with Crippen molar-refractivity contribution in [3.8, 4) is 17.9 Å². The fourth-order valence-corrected chi connectivity index (χ4v) is 1.23. The van der Waals surface area contributed by atoms with Gasteiger partial charge in [-0.2, -0.15) is 5.26 Å². The lowest BCUT2D eigenvalue weighted by Crippen LogP contribution is -2.11. The van der Waals surface area contributed by atoms with E-state index in [0.717, 1.165) is 5.56 Å². The first kappa shape index (κ1) is 11.1. The minimum Gasteiger partial charge on any atom is -0.398 e. The van der Waals surface area contributed by atoms with Crippen LogP contribution in [0.1, 0.15) is 31.9 Å². The molecule has 0 unspecified atom stereocenters. The van der Waals surface area contributed by atoms with E-state index in [1.54, 1.807) is 6.07 Å². The van der Waals surface area contributed by atoms with Crippen molar-refractivity contribution in [1.82, 2.24) is 0 Å². The van der Waals surface area contributed by atoms with Crippen molar-refractivity contribution in [2.45, 2.75) is 26.2 Å². The first-order chi connectivity index (χ1) is 6.95. The van der Waals surface area contributed by atoms with Gasteiger partial charge in [-0.25, -0.2) is 0 Å². The third kappa shape index (κ3) is 2.76. The summed E-state index contributed by atoms with van der Waals surface area (Å²) in [6.07, 6.45) is 0. The van der Waals surface area contributed by atoms with Crippen LogP contribution in [0.25, 0.3) is 0 Å². The summed E-state index contributed by atoms with van der Waals surface area (Å²) in [7, 11) is 0. The lowest BCUT2D eigenvalue weighted by molar-refractivity contribution is 0.590. The second kappa shape index (κ2) is 4.07. The zero-order valence-corrected chi connectivity index (χ0v) is 9.26. The molecule has 0 radical (unpaired) electrons. The van der Waals surface area contributed by atoms with E-state index in [4.69, 9.17) is 11.0 Å². The van der Waals surface area contributed by atoms with E-state index in [0.29, 0.717) is 5.69 Å². The summed E-state index contributed by atoms with van der Waals surface area (Å²) in [4.78, 5) is 0. The molecular formula is C13H14N2. The number of nitrogens with two attached hydrogens (primary N) is 1. The van der Waals surface area contributed by atoms with E-state index in [1.165, 1.54) is 5.56 Å². The lowest BCUT2D eigenvalue weighted by atomic mass is 9.86. The smallest absolute Gasteiger partial charge is 0.152 e. The van der Waals surface area contributed by atoms with Crippen LogP contribution in [0, 0.1) is 23.2 Å². The molecule has 0 aliphatic rings. The van der Waals surface area contributed by atoms with Crippen molar-refractivity contribution in [3.63, 3.8) is 0 Å². The molecule has 0 aliphatic carbocycles. The average Bonchev–Trinajstić information content (AvgIpc) is 2.15. The van der Waals surface area contributed by atoms with Gasteiger partial charge in [0.2, 0.25) is 0 Å². The normalized spacial score (nSPS) is 10.0. The van der Waals surface area contributed by atoms with Gasteiger partial charge in [0, 0.05) is 17.2 Å². The summed E-state index contributed by atoms with van der Waals surface area (Å²) in [5.74, 6) is 5.10. The Hall–Kier alpha value is -1.93. The van der Waals surface area contributed by atoms with Crippen molar-refractivity contribution in [1.29, 1.82) is 5.26 Å². The maximum Gasteiger partial charge on any atom is 0.152 e. The van der Waals surface area contributed by atoms with E-state index in [9.17, 15) is 0 Å². The first-order valence-corrected chi connectivity index (χ1v) is 4.75. The molecule has 2 N–H and O–H groups in total. The van der Waals surface area contributed by atoms with Gasteiger partial charge in [0.15, 0.2) is 6.07 Å². The Balaban J connectivity index is 3.24. The molecule has 0 fully saturated rings. The van der Waals surface area contributed by atoms with E-state index in [-0.39, 0.29) is 5.41 Å². The van der Waals surface area contributed by atoms with E-state index in [1.807, 2.05) is 18.2 Å². The maximum absolute atomic E-state index is 8.38. The molecule has 0 saturated carbocycles. The highest BCUT2D eigenvalue weighted by Gasteiger charge is 2.14. The molecule has 0 bridgehead atoms. The lowest BCUT2D eigenvalue weighted by Gasteiger charge is -2.19. The van der Waals surface area contributed by atoms with E-state index < -0.39 is 0 Å². The maximum atomic E-state index is 8.38. The minimum atomic E-state index is 0.0662. The Kier molecular flexibility index (Phi) is 3.02. The van der Waals surface area contributed by atoms with E-state index in [2.05, 4.69) is 32.6 Å². The molecule has 2 nitrogen and oxygen atoms in total. The second-order valence-corrected chi connectivity index (χ2v) is 4.41. The predicted molar refractivity (Wildman–Crippen MR) is 62.0 cm³/mol. The fourth-order valence-electron chi connectivity index (χ4n) is 1.23. The summed E-state index contributed by atoms with van der Waals surface area (Å²) in [5, 5.41) is 8.38. The number of anilines is 1. The molecule has 0 heterocycles. The molecule has 0 aliphatic heterocycles. The number of rotatable bonds is 0. The first-order valence-electron chi connectivity index (χ1n) is 4.75.